The number of rotatable bonds is 2. The summed E-state index contributed by atoms with van der Waals surface area (Å²) in [6.07, 6.45) is 0. The van der Waals surface area contributed by atoms with Crippen LogP contribution in [0.1, 0.15) is 5.56 Å². The van der Waals surface area contributed by atoms with E-state index in [1.54, 1.807) is 13.0 Å². The van der Waals surface area contributed by atoms with Gasteiger partial charge in [-0.2, -0.15) is 10.1 Å². The van der Waals surface area contributed by atoms with Gasteiger partial charge in [0.15, 0.2) is 5.82 Å². The number of aromatic nitrogens is 3. The van der Waals surface area contributed by atoms with Gasteiger partial charge < -0.3 is 0 Å². The summed E-state index contributed by atoms with van der Waals surface area (Å²) >= 11 is 0. The van der Waals surface area contributed by atoms with Gasteiger partial charge in [-0.1, -0.05) is 6.07 Å². The van der Waals surface area contributed by atoms with Crippen molar-refractivity contribution in [2.24, 2.45) is 0 Å². The quantitative estimate of drug-likeness (QED) is 0.849. The summed E-state index contributed by atoms with van der Waals surface area (Å²) in [4.78, 5) is 3.62. The highest BCUT2D eigenvalue weighted by Gasteiger charge is 2.18. The second kappa shape index (κ2) is 4.08. The maximum atomic E-state index is 13.6. The Kier molecular flexibility index (Phi) is 2.88. The minimum Gasteiger partial charge on any atom is -0.248 e. The Morgan fingerprint density at radius 3 is 2.65 bits per heavy atom. The molecule has 1 N–H and O–H groups in total. The van der Waals surface area contributed by atoms with Crippen molar-refractivity contribution in [3.05, 3.63) is 29.6 Å². The molecule has 5 nitrogen and oxygen atoms in total. The van der Waals surface area contributed by atoms with Crippen LogP contribution in [-0.2, 0) is 9.05 Å². The van der Waals surface area contributed by atoms with Gasteiger partial charge in [-0.3, -0.25) is 0 Å². The number of halogens is 2. The van der Waals surface area contributed by atoms with E-state index < -0.39 is 20.0 Å². The lowest BCUT2D eigenvalue weighted by Crippen LogP contribution is -1.93. The van der Waals surface area contributed by atoms with E-state index in [4.69, 9.17) is 10.7 Å². The molecule has 0 aliphatic rings. The zero-order valence-electron chi connectivity index (χ0n) is 8.61. The number of hydrogen-bond acceptors (Lipinski definition) is 4. The van der Waals surface area contributed by atoms with Crippen LogP contribution in [0.5, 0.6) is 0 Å². The Hall–Kier alpha value is -1.47. The van der Waals surface area contributed by atoms with Crippen LogP contribution in [-0.4, -0.2) is 23.6 Å². The van der Waals surface area contributed by atoms with E-state index in [2.05, 4.69) is 15.2 Å². The first-order valence-corrected chi connectivity index (χ1v) is 6.82. The van der Waals surface area contributed by atoms with E-state index in [0.29, 0.717) is 0 Å². The van der Waals surface area contributed by atoms with Gasteiger partial charge in [0.2, 0.25) is 0 Å². The number of nitrogens with one attached hydrogen (secondary N) is 1. The third-order valence-corrected chi connectivity index (χ3v) is 3.14. The normalized spacial score (nSPS) is 11.7. The third-order valence-electron chi connectivity index (χ3n) is 2.06. The van der Waals surface area contributed by atoms with Crippen molar-refractivity contribution in [3.63, 3.8) is 0 Å². The molecule has 1 aromatic carbocycles. The Morgan fingerprint density at radius 2 is 2.12 bits per heavy atom. The highest BCUT2D eigenvalue weighted by Crippen LogP contribution is 2.21. The Bertz CT molecular complexity index is 669. The van der Waals surface area contributed by atoms with E-state index in [1.807, 2.05) is 0 Å². The summed E-state index contributed by atoms with van der Waals surface area (Å²) in [7, 11) is 1.08. The molecule has 0 radical (unpaired) electrons. The maximum Gasteiger partial charge on any atom is 0.296 e. The molecule has 1 aromatic heterocycles. The summed E-state index contributed by atoms with van der Waals surface area (Å²) < 4.78 is 35.5. The smallest absolute Gasteiger partial charge is 0.248 e. The van der Waals surface area contributed by atoms with Crippen LogP contribution in [0.3, 0.4) is 0 Å². The molecule has 0 bridgehead atoms. The predicted molar refractivity (Wildman–Crippen MR) is 59.6 cm³/mol. The van der Waals surface area contributed by atoms with Crippen LogP contribution in [0.25, 0.3) is 11.4 Å². The fourth-order valence-electron chi connectivity index (χ4n) is 1.28. The molecule has 0 aliphatic carbocycles. The van der Waals surface area contributed by atoms with Crippen LogP contribution < -0.4 is 0 Å². The number of nitrogens with zero attached hydrogens (tertiary/aromatic N) is 2. The summed E-state index contributed by atoms with van der Waals surface area (Å²) in [6, 6.07) is 4.45. The van der Waals surface area contributed by atoms with Crippen molar-refractivity contribution in [2.45, 2.75) is 12.1 Å². The summed E-state index contributed by atoms with van der Waals surface area (Å²) in [6.45, 7) is 1.74. The molecule has 2 rings (SSSR count). The number of benzene rings is 1. The number of aryl methyl sites for hydroxylation is 1. The summed E-state index contributed by atoms with van der Waals surface area (Å²) in [5.74, 6) is -0.579. The minimum atomic E-state index is -3.99. The van der Waals surface area contributed by atoms with Crippen LogP contribution in [0.15, 0.2) is 23.4 Å². The predicted octanol–water partition coefficient (Wildman–Crippen LogP) is 1.85. The average Bonchev–Trinajstić information content (AvgIpc) is 2.65. The molecule has 0 saturated heterocycles. The Balaban J connectivity index is 2.51. The second-order valence-electron chi connectivity index (χ2n) is 3.39. The van der Waals surface area contributed by atoms with Crippen molar-refractivity contribution in [1.82, 2.24) is 15.2 Å². The highest BCUT2D eigenvalue weighted by molar-refractivity contribution is 8.13. The van der Waals surface area contributed by atoms with Crippen LogP contribution >= 0.6 is 10.7 Å². The van der Waals surface area contributed by atoms with Crippen LogP contribution in [0.4, 0.5) is 4.39 Å². The molecule has 1 heterocycles. The molecule has 0 atom stereocenters. The van der Waals surface area contributed by atoms with Crippen molar-refractivity contribution in [2.75, 3.05) is 0 Å². The topological polar surface area (TPSA) is 75.7 Å². The lowest BCUT2D eigenvalue weighted by Gasteiger charge is -1.98. The van der Waals surface area contributed by atoms with Gasteiger partial charge in [0.1, 0.15) is 5.82 Å². The van der Waals surface area contributed by atoms with Crippen molar-refractivity contribution < 1.29 is 12.8 Å². The van der Waals surface area contributed by atoms with E-state index in [-0.39, 0.29) is 11.4 Å². The van der Waals surface area contributed by atoms with E-state index >= 15 is 0 Å². The molecule has 2 aromatic rings. The molecule has 8 heteroatoms. The zero-order chi connectivity index (χ0) is 12.6. The maximum absolute atomic E-state index is 13.6. The zero-order valence-corrected chi connectivity index (χ0v) is 10.2. The van der Waals surface area contributed by atoms with Gasteiger partial charge in [0.25, 0.3) is 14.2 Å². The molecule has 0 fully saturated rings. The average molecular weight is 276 g/mol. The van der Waals surface area contributed by atoms with Gasteiger partial charge >= 0.3 is 0 Å². The van der Waals surface area contributed by atoms with Crippen molar-refractivity contribution in [1.29, 1.82) is 0 Å². The lowest BCUT2D eigenvalue weighted by atomic mass is 10.1. The molecule has 90 valence electrons. The molecule has 0 spiro atoms. The molecule has 0 saturated carbocycles. The Morgan fingerprint density at radius 1 is 1.41 bits per heavy atom. The van der Waals surface area contributed by atoms with Crippen molar-refractivity contribution in [3.8, 4) is 11.4 Å². The van der Waals surface area contributed by atoms with Gasteiger partial charge in [-0.15, -0.1) is 0 Å². The van der Waals surface area contributed by atoms with Crippen molar-refractivity contribution >= 4 is 19.7 Å². The number of H-pyrrole nitrogens is 1. The van der Waals surface area contributed by atoms with E-state index in [0.717, 1.165) is 5.56 Å². The van der Waals surface area contributed by atoms with Gasteiger partial charge in [0, 0.05) is 10.7 Å². The first kappa shape index (κ1) is 12.0. The fourth-order valence-corrected chi connectivity index (χ4v) is 1.84. The van der Waals surface area contributed by atoms with E-state index in [1.165, 1.54) is 12.1 Å². The SMILES string of the molecule is Cc1ccc(-c2n[nH]c(S(=O)(=O)Cl)n2)c(F)c1. The third kappa shape index (κ3) is 2.45. The molecule has 0 aliphatic heterocycles. The highest BCUT2D eigenvalue weighted by atomic mass is 35.7. The van der Waals surface area contributed by atoms with Crippen LogP contribution in [0.2, 0.25) is 0 Å². The largest absolute Gasteiger partial charge is 0.296 e. The standard InChI is InChI=1S/C9H7ClFN3O2S/c1-5-2-3-6(7(11)4-5)8-12-9(14-13-8)17(10,15)16/h2-4H,1H3,(H,12,13,14). The molecular formula is C9H7ClFN3O2S. The monoisotopic (exact) mass is 275 g/mol. The number of hydrogen-bond donors (Lipinski definition) is 1. The summed E-state index contributed by atoms with van der Waals surface area (Å²) in [5, 5.41) is 5.24. The second-order valence-corrected chi connectivity index (χ2v) is 5.87. The van der Waals surface area contributed by atoms with Gasteiger partial charge in [-0.05, 0) is 24.6 Å². The number of aromatic amines is 1. The molecule has 0 unspecified atom stereocenters. The Labute approximate surface area is 101 Å². The minimum absolute atomic E-state index is 0.0540. The molecule has 0 amide bonds. The summed E-state index contributed by atoms with van der Waals surface area (Å²) in [5.41, 5.74) is 0.852. The molecular weight excluding hydrogens is 269 g/mol. The lowest BCUT2D eigenvalue weighted by molar-refractivity contribution is 0.601. The molecule has 17 heavy (non-hydrogen) atoms. The van der Waals surface area contributed by atoms with Gasteiger partial charge in [0.05, 0.1) is 5.56 Å². The van der Waals surface area contributed by atoms with E-state index in [9.17, 15) is 12.8 Å². The van der Waals surface area contributed by atoms with Crippen LogP contribution in [0, 0.1) is 12.7 Å². The first-order chi connectivity index (χ1) is 7.88. The van der Waals surface area contributed by atoms with Gasteiger partial charge in [-0.25, -0.2) is 17.9 Å². The fraction of sp³-hybridized carbons (Fsp3) is 0.111. The first-order valence-electron chi connectivity index (χ1n) is 4.51.